The van der Waals surface area contributed by atoms with Crippen molar-refractivity contribution >= 4 is 23.5 Å². The van der Waals surface area contributed by atoms with Crippen LogP contribution in [0.3, 0.4) is 0 Å². The molecule has 0 saturated heterocycles. The van der Waals surface area contributed by atoms with Gasteiger partial charge in [0.25, 0.3) is 0 Å². The summed E-state index contributed by atoms with van der Waals surface area (Å²) in [5, 5.41) is 6.44. The van der Waals surface area contributed by atoms with E-state index >= 15 is 0 Å². The van der Waals surface area contributed by atoms with Gasteiger partial charge < -0.3 is 15.8 Å². The predicted molar refractivity (Wildman–Crippen MR) is 106 cm³/mol. The fourth-order valence-corrected chi connectivity index (χ4v) is 2.69. The molecule has 2 aromatic rings. The molecule has 0 amide bonds. The lowest BCUT2D eigenvalue weighted by molar-refractivity contribution is -0.137. The number of rotatable bonds is 6. The average molecular weight is 426 g/mol. The Balaban J connectivity index is 1.53. The maximum Gasteiger partial charge on any atom is 0.416 e. The van der Waals surface area contributed by atoms with Crippen molar-refractivity contribution in [1.82, 2.24) is 10.6 Å². The van der Waals surface area contributed by atoms with Crippen LogP contribution in [0.15, 0.2) is 58.5 Å². The minimum atomic E-state index is -4.39. The van der Waals surface area contributed by atoms with Crippen LogP contribution in [0.5, 0.6) is 5.75 Å². The van der Waals surface area contributed by atoms with Crippen molar-refractivity contribution in [2.24, 2.45) is 15.7 Å². The number of hydrogen-bond acceptors (Lipinski definition) is 4. The van der Waals surface area contributed by atoms with Crippen LogP contribution in [-0.2, 0) is 6.18 Å². The Bertz CT molecular complexity index is 882. The summed E-state index contributed by atoms with van der Waals surface area (Å²) in [6.07, 6.45) is -4.36. The zero-order valence-electron chi connectivity index (χ0n) is 15.2. The topological polar surface area (TPSA) is 84.0 Å². The molecule has 10 heteroatoms. The van der Waals surface area contributed by atoms with E-state index in [0.717, 1.165) is 17.9 Å². The predicted octanol–water partition coefficient (Wildman–Crippen LogP) is 3.69. The molecular formula is C19H19ClF3N5O. The second-order valence-electron chi connectivity index (χ2n) is 6.19. The average Bonchev–Trinajstić information content (AvgIpc) is 2.68. The molecule has 154 valence electrons. The zero-order valence-corrected chi connectivity index (χ0v) is 16.0. The van der Waals surface area contributed by atoms with E-state index in [1.807, 2.05) is 0 Å². The third-order valence-corrected chi connectivity index (χ3v) is 4.25. The number of alkyl halides is 3. The molecule has 1 atom stereocenters. The highest BCUT2D eigenvalue weighted by Crippen LogP contribution is 2.30. The van der Waals surface area contributed by atoms with Crippen LogP contribution in [0.25, 0.3) is 0 Å². The highest BCUT2D eigenvalue weighted by Gasteiger charge is 2.30. The Morgan fingerprint density at radius 2 is 1.79 bits per heavy atom. The molecule has 3 rings (SSSR count). The first kappa shape index (κ1) is 20.8. The summed E-state index contributed by atoms with van der Waals surface area (Å²) in [5.41, 5.74) is 5.60. The fraction of sp³-hybridized carbons (Fsp3) is 0.263. The molecule has 1 aliphatic rings. The number of guanidine groups is 2. The van der Waals surface area contributed by atoms with Gasteiger partial charge >= 0.3 is 6.18 Å². The third-order valence-electron chi connectivity index (χ3n) is 4.00. The second kappa shape index (κ2) is 9.04. The lowest BCUT2D eigenvalue weighted by Crippen LogP contribution is -2.50. The zero-order chi connectivity index (χ0) is 20.9. The van der Waals surface area contributed by atoms with Crippen molar-refractivity contribution in [3.8, 4) is 5.75 Å². The minimum absolute atomic E-state index is 0.129. The van der Waals surface area contributed by atoms with Gasteiger partial charge in [-0.1, -0.05) is 23.7 Å². The van der Waals surface area contributed by atoms with Gasteiger partial charge in [-0.2, -0.15) is 13.2 Å². The lowest BCUT2D eigenvalue weighted by Gasteiger charge is -2.24. The number of nitrogens with one attached hydrogen (secondary N) is 2. The molecule has 0 fully saturated rings. The molecule has 0 bridgehead atoms. The first-order chi connectivity index (χ1) is 13.8. The Morgan fingerprint density at radius 1 is 1.10 bits per heavy atom. The Hall–Kier alpha value is -2.94. The molecule has 29 heavy (non-hydrogen) atoms. The summed E-state index contributed by atoms with van der Waals surface area (Å²) >= 11 is 5.82. The van der Waals surface area contributed by atoms with E-state index in [2.05, 4.69) is 20.6 Å². The molecule has 1 unspecified atom stereocenters. The molecule has 0 aromatic heterocycles. The van der Waals surface area contributed by atoms with Crippen LogP contribution in [0, 0.1) is 0 Å². The number of hydrogen-bond donors (Lipinski definition) is 3. The monoisotopic (exact) mass is 425 g/mol. The Labute approximate surface area is 170 Å². The molecule has 1 aliphatic heterocycles. The van der Waals surface area contributed by atoms with E-state index in [-0.39, 0.29) is 5.96 Å². The van der Waals surface area contributed by atoms with Gasteiger partial charge in [-0.15, -0.1) is 0 Å². The summed E-state index contributed by atoms with van der Waals surface area (Å²) < 4.78 is 43.7. The Kier molecular flexibility index (Phi) is 6.48. The van der Waals surface area contributed by atoms with E-state index < -0.39 is 17.9 Å². The first-order valence-corrected chi connectivity index (χ1v) is 9.16. The maximum absolute atomic E-state index is 12.7. The van der Waals surface area contributed by atoms with Gasteiger partial charge in [0.2, 0.25) is 0 Å². The number of ether oxygens (including phenoxy) is 1. The van der Waals surface area contributed by atoms with E-state index in [1.54, 1.807) is 24.3 Å². The summed E-state index contributed by atoms with van der Waals surface area (Å²) in [7, 11) is 0. The summed E-state index contributed by atoms with van der Waals surface area (Å²) in [6, 6.07) is 11.8. The highest BCUT2D eigenvalue weighted by atomic mass is 35.5. The molecule has 1 heterocycles. The van der Waals surface area contributed by atoms with Crippen LogP contribution in [0.4, 0.5) is 13.2 Å². The van der Waals surface area contributed by atoms with Crippen LogP contribution >= 0.6 is 11.6 Å². The van der Waals surface area contributed by atoms with Gasteiger partial charge in [-0.25, -0.2) is 4.99 Å². The van der Waals surface area contributed by atoms with E-state index in [1.165, 1.54) is 12.1 Å². The molecule has 0 radical (unpaired) electrons. The highest BCUT2D eigenvalue weighted by molar-refractivity contribution is 6.30. The molecule has 0 aliphatic carbocycles. The summed E-state index contributed by atoms with van der Waals surface area (Å²) in [6.45, 7) is 0.917. The number of nitrogens with zero attached hydrogens (tertiary/aromatic N) is 2. The molecule has 0 saturated carbocycles. The molecule has 2 aromatic carbocycles. The number of aliphatic imine (C=N–C) groups is 2. The summed E-state index contributed by atoms with van der Waals surface area (Å²) in [5.74, 6) is 1.24. The summed E-state index contributed by atoms with van der Waals surface area (Å²) in [4.78, 5) is 8.52. The van der Waals surface area contributed by atoms with Crippen LogP contribution in [0.1, 0.15) is 23.7 Å². The van der Waals surface area contributed by atoms with Crippen molar-refractivity contribution in [2.45, 2.75) is 18.8 Å². The van der Waals surface area contributed by atoms with Gasteiger partial charge in [0.05, 0.1) is 12.2 Å². The maximum atomic E-state index is 12.7. The molecule has 6 nitrogen and oxygen atoms in total. The van der Waals surface area contributed by atoms with Crippen LogP contribution in [0.2, 0.25) is 5.02 Å². The smallest absolute Gasteiger partial charge is 0.416 e. The molecule has 4 N–H and O–H groups in total. The van der Waals surface area contributed by atoms with Crippen molar-refractivity contribution in [1.29, 1.82) is 0 Å². The number of nitrogens with two attached hydrogens (primary N) is 1. The van der Waals surface area contributed by atoms with Gasteiger partial charge in [-0.05, 0) is 42.0 Å². The van der Waals surface area contributed by atoms with Crippen LogP contribution in [-0.4, -0.2) is 25.1 Å². The Morgan fingerprint density at radius 3 is 2.45 bits per heavy atom. The normalized spacial score (nSPS) is 18.0. The SMILES string of the molecule is NC1=NC(c2ccc(C(F)(F)F)cc2)NC(=NCCCOc2ccc(Cl)cc2)N1. The van der Waals surface area contributed by atoms with E-state index in [0.29, 0.717) is 36.1 Å². The van der Waals surface area contributed by atoms with Crippen molar-refractivity contribution in [2.75, 3.05) is 13.2 Å². The first-order valence-electron chi connectivity index (χ1n) is 8.78. The fourth-order valence-electron chi connectivity index (χ4n) is 2.56. The van der Waals surface area contributed by atoms with Crippen molar-refractivity contribution in [3.05, 3.63) is 64.7 Å². The van der Waals surface area contributed by atoms with E-state index in [9.17, 15) is 13.2 Å². The molecule has 0 spiro atoms. The van der Waals surface area contributed by atoms with Crippen molar-refractivity contribution in [3.63, 3.8) is 0 Å². The largest absolute Gasteiger partial charge is 0.494 e. The second-order valence-corrected chi connectivity index (χ2v) is 6.63. The van der Waals surface area contributed by atoms with Crippen LogP contribution < -0.4 is 21.1 Å². The standard InChI is InChI=1S/C19H19ClF3N5O/c20-14-6-8-15(9-7-14)29-11-1-10-25-18-27-16(26-17(24)28-18)12-2-4-13(5-3-12)19(21,22)23/h2-9,16H,1,10-11H2,(H4,24,25,26,27,28). The van der Waals surface area contributed by atoms with Gasteiger partial charge in [0, 0.05) is 18.0 Å². The van der Waals surface area contributed by atoms with E-state index in [4.69, 9.17) is 22.1 Å². The van der Waals surface area contributed by atoms with Crippen molar-refractivity contribution < 1.29 is 17.9 Å². The van der Waals surface area contributed by atoms with Gasteiger partial charge in [0.1, 0.15) is 5.75 Å². The van der Waals surface area contributed by atoms with Gasteiger partial charge in [-0.3, -0.25) is 10.3 Å². The number of halogens is 4. The minimum Gasteiger partial charge on any atom is -0.494 e. The third kappa shape index (κ3) is 6.02. The molecular weight excluding hydrogens is 407 g/mol. The number of benzene rings is 2. The lowest BCUT2D eigenvalue weighted by atomic mass is 10.1. The quantitative estimate of drug-likeness (QED) is 0.616. The van der Waals surface area contributed by atoms with Gasteiger partial charge in [0.15, 0.2) is 18.1 Å².